The van der Waals surface area contributed by atoms with E-state index in [2.05, 4.69) is 4.99 Å². The van der Waals surface area contributed by atoms with Crippen molar-refractivity contribution in [2.45, 2.75) is 12.8 Å². The van der Waals surface area contributed by atoms with Crippen molar-refractivity contribution in [1.29, 1.82) is 0 Å². The minimum absolute atomic E-state index is 0.325. The molecule has 1 fully saturated rings. The van der Waals surface area contributed by atoms with Gasteiger partial charge in [-0.05, 0) is 12.8 Å². The number of nitrogens with two attached hydrogens (primary N) is 1. The zero-order valence-corrected chi connectivity index (χ0v) is 8.16. The minimum atomic E-state index is 0.325. The Morgan fingerprint density at radius 2 is 2.54 bits per heavy atom. The molecular weight excluding hydrogens is 168 g/mol. The van der Waals surface area contributed by atoms with Gasteiger partial charge in [0.15, 0.2) is 0 Å². The van der Waals surface area contributed by atoms with Crippen LogP contribution >= 0.6 is 0 Å². The van der Waals surface area contributed by atoms with Gasteiger partial charge in [-0.2, -0.15) is 0 Å². The van der Waals surface area contributed by atoms with E-state index < -0.39 is 0 Å². The van der Waals surface area contributed by atoms with Crippen LogP contribution in [0.25, 0.3) is 0 Å². The zero-order chi connectivity index (χ0) is 9.52. The molecule has 0 amide bonds. The summed E-state index contributed by atoms with van der Waals surface area (Å²) in [5.41, 5.74) is 5.80. The van der Waals surface area contributed by atoms with Crippen molar-refractivity contribution in [3.63, 3.8) is 0 Å². The highest BCUT2D eigenvalue weighted by Gasteiger charge is 2.16. The number of amidine groups is 1. The van der Waals surface area contributed by atoms with Crippen molar-refractivity contribution in [2.24, 2.45) is 16.6 Å². The first-order valence-electron chi connectivity index (χ1n) is 4.71. The Hall–Kier alpha value is -0.610. The highest BCUT2D eigenvalue weighted by molar-refractivity contribution is 5.83. The minimum Gasteiger partial charge on any atom is -0.387 e. The molecule has 1 unspecified atom stereocenters. The van der Waals surface area contributed by atoms with E-state index in [0.717, 1.165) is 31.9 Å². The molecule has 76 valence electrons. The van der Waals surface area contributed by atoms with E-state index in [1.54, 1.807) is 7.11 Å². The fraction of sp³-hybridized carbons (Fsp3) is 0.889. The number of methoxy groups -OCH3 is 1. The molecule has 0 saturated carbocycles. The maximum absolute atomic E-state index is 5.80. The number of rotatable bonds is 4. The number of nitrogens with zero attached hydrogens (tertiary/aromatic N) is 1. The zero-order valence-electron chi connectivity index (χ0n) is 8.16. The molecule has 0 spiro atoms. The third kappa shape index (κ3) is 3.74. The van der Waals surface area contributed by atoms with Crippen LogP contribution in [0.15, 0.2) is 4.99 Å². The highest BCUT2D eigenvalue weighted by Crippen LogP contribution is 2.13. The van der Waals surface area contributed by atoms with Gasteiger partial charge in [-0.1, -0.05) is 0 Å². The Kier molecular flexibility index (Phi) is 4.78. The second kappa shape index (κ2) is 5.94. The summed E-state index contributed by atoms with van der Waals surface area (Å²) in [5, 5.41) is 0. The predicted molar refractivity (Wildman–Crippen MR) is 51.9 cm³/mol. The Labute approximate surface area is 79.1 Å². The summed E-state index contributed by atoms with van der Waals surface area (Å²) in [7, 11) is 1.66. The van der Waals surface area contributed by atoms with Crippen LogP contribution in [0.5, 0.6) is 0 Å². The van der Waals surface area contributed by atoms with Crippen LogP contribution in [0.1, 0.15) is 12.8 Å². The van der Waals surface area contributed by atoms with Gasteiger partial charge in [0, 0.05) is 19.6 Å². The maximum Gasteiger partial charge on any atom is 0.0992 e. The summed E-state index contributed by atoms with van der Waals surface area (Å²) in [6, 6.07) is 0. The third-order valence-corrected chi connectivity index (χ3v) is 2.17. The molecule has 1 heterocycles. The van der Waals surface area contributed by atoms with Gasteiger partial charge in [-0.15, -0.1) is 0 Å². The van der Waals surface area contributed by atoms with E-state index in [0.29, 0.717) is 19.1 Å². The summed E-state index contributed by atoms with van der Waals surface area (Å²) >= 11 is 0. The molecule has 0 radical (unpaired) electrons. The fourth-order valence-electron chi connectivity index (χ4n) is 1.37. The number of ether oxygens (including phenoxy) is 2. The molecule has 2 N–H and O–H groups in total. The van der Waals surface area contributed by atoms with Gasteiger partial charge in [0.2, 0.25) is 0 Å². The van der Waals surface area contributed by atoms with Crippen molar-refractivity contribution in [3.05, 3.63) is 0 Å². The fourth-order valence-corrected chi connectivity index (χ4v) is 1.37. The lowest BCUT2D eigenvalue weighted by Gasteiger charge is -2.21. The quantitative estimate of drug-likeness (QED) is 0.393. The van der Waals surface area contributed by atoms with Crippen LogP contribution in [-0.2, 0) is 9.47 Å². The van der Waals surface area contributed by atoms with Gasteiger partial charge in [0.25, 0.3) is 0 Å². The summed E-state index contributed by atoms with van der Waals surface area (Å²) in [5.74, 6) is 1.04. The van der Waals surface area contributed by atoms with Crippen molar-refractivity contribution < 1.29 is 9.47 Å². The highest BCUT2D eigenvalue weighted by atomic mass is 16.5. The molecule has 1 rings (SSSR count). The molecule has 0 aliphatic carbocycles. The molecule has 4 nitrogen and oxygen atoms in total. The Morgan fingerprint density at radius 3 is 3.15 bits per heavy atom. The van der Waals surface area contributed by atoms with E-state index in [4.69, 9.17) is 15.2 Å². The van der Waals surface area contributed by atoms with Crippen LogP contribution in [0.2, 0.25) is 0 Å². The molecule has 13 heavy (non-hydrogen) atoms. The predicted octanol–water partition coefficient (Wildman–Crippen LogP) is 0.417. The van der Waals surface area contributed by atoms with Crippen molar-refractivity contribution in [1.82, 2.24) is 0 Å². The Morgan fingerprint density at radius 1 is 1.69 bits per heavy atom. The van der Waals surface area contributed by atoms with E-state index >= 15 is 0 Å². The molecule has 1 aliphatic rings. The van der Waals surface area contributed by atoms with Crippen LogP contribution in [-0.4, -0.2) is 39.3 Å². The average molecular weight is 186 g/mol. The molecule has 0 aromatic rings. The SMILES string of the molecule is COCCN=C(N)C1CCCOC1. The standard InChI is InChI=1S/C9H18N2O2/c1-12-6-4-11-9(10)8-3-2-5-13-7-8/h8H,2-7H2,1H3,(H2,10,11). The molecule has 0 aromatic heterocycles. The lowest BCUT2D eigenvalue weighted by molar-refractivity contribution is 0.0764. The largest absolute Gasteiger partial charge is 0.387 e. The van der Waals surface area contributed by atoms with E-state index in [9.17, 15) is 0 Å². The maximum atomic E-state index is 5.80. The second-order valence-electron chi connectivity index (χ2n) is 3.21. The van der Waals surface area contributed by atoms with Crippen LogP contribution in [0.3, 0.4) is 0 Å². The normalized spacial score (nSPS) is 24.7. The van der Waals surface area contributed by atoms with E-state index in [1.165, 1.54) is 0 Å². The second-order valence-corrected chi connectivity index (χ2v) is 3.21. The number of aliphatic imine (C=N–C) groups is 1. The smallest absolute Gasteiger partial charge is 0.0992 e. The molecule has 1 saturated heterocycles. The van der Waals surface area contributed by atoms with Crippen LogP contribution in [0, 0.1) is 5.92 Å². The summed E-state index contributed by atoms with van der Waals surface area (Å²) in [6.07, 6.45) is 2.19. The number of hydrogen-bond donors (Lipinski definition) is 1. The van der Waals surface area contributed by atoms with Gasteiger partial charge in [0.05, 0.1) is 25.6 Å². The lowest BCUT2D eigenvalue weighted by Crippen LogP contribution is -2.31. The average Bonchev–Trinajstić information content (AvgIpc) is 2.19. The third-order valence-electron chi connectivity index (χ3n) is 2.17. The van der Waals surface area contributed by atoms with Crippen LogP contribution < -0.4 is 5.73 Å². The first-order valence-corrected chi connectivity index (χ1v) is 4.71. The van der Waals surface area contributed by atoms with E-state index in [-0.39, 0.29) is 0 Å². The summed E-state index contributed by atoms with van der Waals surface area (Å²) in [6.45, 7) is 2.87. The van der Waals surface area contributed by atoms with Crippen molar-refractivity contribution in [2.75, 3.05) is 33.5 Å². The molecule has 0 bridgehead atoms. The first kappa shape index (κ1) is 10.5. The molecule has 4 heteroatoms. The van der Waals surface area contributed by atoms with Gasteiger partial charge >= 0.3 is 0 Å². The summed E-state index contributed by atoms with van der Waals surface area (Å²) in [4.78, 5) is 4.23. The monoisotopic (exact) mass is 186 g/mol. The van der Waals surface area contributed by atoms with Crippen molar-refractivity contribution in [3.8, 4) is 0 Å². The van der Waals surface area contributed by atoms with Crippen LogP contribution in [0.4, 0.5) is 0 Å². The van der Waals surface area contributed by atoms with Crippen molar-refractivity contribution >= 4 is 5.84 Å². The Bertz CT molecular complexity index is 165. The summed E-state index contributed by atoms with van der Waals surface area (Å²) < 4.78 is 10.2. The van der Waals surface area contributed by atoms with Gasteiger partial charge < -0.3 is 15.2 Å². The first-order chi connectivity index (χ1) is 6.34. The molecule has 0 aromatic carbocycles. The number of hydrogen-bond acceptors (Lipinski definition) is 3. The lowest BCUT2D eigenvalue weighted by atomic mass is 10.0. The van der Waals surface area contributed by atoms with Gasteiger partial charge in [-0.3, -0.25) is 4.99 Å². The van der Waals surface area contributed by atoms with Gasteiger partial charge in [0.1, 0.15) is 0 Å². The topological polar surface area (TPSA) is 56.8 Å². The van der Waals surface area contributed by atoms with E-state index in [1.807, 2.05) is 0 Å². The Balaban J connectivity index is 2.27. The molecular formula is C9H18N2O2. The molecule has 1 atom stereocenters. The van der Waals surface area contributed by atoms with Gasteiger partial charge in [-0.25, -0.2) is 0 Å². The molecule has 1 aliphatic heterocycles.